The summed E-state index contributed by atoms with van der Waals surface area (Å²) in [5, 5.41) is 3.30. The predicted molar refractivity (Wildman–Crippen MR) is 70.3 cm³/mol. The van der Waals surface area contributed by atoms with E-state index in [0.29, 0.717) is 5.56 Å². The van der Waals surface area contributed by atoms with Gasteiger partial charge >= 0.3 is 0 Å². The highest BCUT2D eigenvalue weighted by atomic mass is 35.5. The SMILES string of the molecule is CCC1(C(=O)Cc2cccc(F)c2Cl)CCNC1. The molecule has 1 aliphatic rings. The van der Waals surface area contributed by atoms with Gasteiger partial charge in [0.15, 0.2) is 0 Å². The summed E-state index contributed by atoms with van der Waals surface area (Å²) in [4.78, 5) is 12.4. The number of Topliss-reactive ketones (excluding diaryl/α,β-unsaturated/α-hetero) is 1. The van der Waals surface area contributed by atoms with Gasteiger partial charge in [-0.25, -0.2) is 4.39 Å². The number of benzene rings is 1. The van der Waals surface area contributed by atoms with Gasteiger partial charge in [0, 0.05) is 18.4 Å². The van der Waals surface area contributed by atoms with Crippen LogP contribution in [0.4, 0.5) is 4.39 Å². The Bertz CT molecular complexity index is 455. The number of ketones is 1. The third-order valence-electron chi connectivity index (χ3n) is 3.89. The summed E-state index contributed by atoms with van der Waals surface area (Å²) in [6, 6.07) is 4.62. The molecule has 2 rings (SSSR count). The van der Waals surface area contributed by atoms with Gasteiger partial charge in [0.1, 0.15) is 11.6 Å². The molecule has 2 nitrogen and oxygen atoms in total. The lowest BCUT2D eigenvalue weighted by Gasteiger charge is -2.25. The maximum atomic E-state index is 13.3. The molecule has 0 spiro atoms. The van der Waals surface area contributed by atoms with Crippen molar-refractivity contribution in [3.05, 3.63) is 34.6 Å². The van der Waals surface area contributed by atoms with Gasteiger partial charge in [-0.1, -0.05) is 30.7 Å². The Labute approximate surface area is 112 Å². The normalized spacial score (nSPS) is 23.3. The van der Waals surface area contributed by atoms with Crippen molar-refractivity contribution in [1.82, 2.24) is 5.32 Å². The summed E-state index contributed by atoms with van der Waals surface area (Å²) in [6.45, 7) is 3.61. The molecule has 1 aromatic rings. The zero-order valence-electron chi connectivity index (χ0n) is 10.4. The third-order valence-corrected chi connectivity index (χ3v) is 4.32. The van der Waals surface area contributed by atoms with E-state index in [1.165, 1.54) is 6.07 Å². The smallest absolute Gasteiger partial charge is 0.144 e. The van der Waals surface area contributed by atoms with Crippen LogP contribution in [0.5, 0.6) is 0 Å². The fourth-order valence-corrected chi connectivity index (χ4v) is 2.72. The van der Waals surface area contributed by atoms with Crippen molar-refractivity contribution >= 4 is 17.4 Å². The maximum absolute atomic E-state index is 13.3. The van der Waals surface area contributed by atoms with Crippen molar-refractivity contribution in [3.63, 3.8) is 0 Å². The summed E-state index contributed by atoms with van der Waals surface area (Å²) >= 11 is 5.89. The van der Waals surface area contributed by atoms with E-state index in [0.717, 1.165) is 25.9 Å². The number of hydrogen-bond donors (Lipinski definition) is 1. The molecule has 0 amide bonds. The van der Waals surface area contributed by atoms with E-state index >= 15 is 0 Å². The van der Waals surface area contributed by atoms with Gasteiger partial charge < -0.3 is 5.32 Å². The summed E-state index contributed by atoms with van der Waals surface area (Å²) in [5.41, 5.74) is 0.289. The molecule has 4 heteroatoms. The fraction of sp³-hybridized carbons (Fsp3) is 0.500. The van der Waals surface area contributed by atoms with Gasteiger partial charge in [0.2, 0.25) is 0 Å². The van der Waals surface area contributed by atoms with Crippen molar-refractivity contribution in [1.29, 1.82) is 0 Å². The van der Waals surface area contributed by atoms with Gasteiger partial charge in [-0.3, -0.25) is 4.79 Å². The van der Waals surface area contributed by atoms with Gasteiger partial charge in [-0.15, -0.1) is 0 Å². The highest BCUT2D eigenvalue weighted by Crippen LogP contribution is 2.33. The molecular weight excluding hydrogens is 253 g/mol. The Kier molecular flexibility index (Phi) is 4.03. The minimum Gasteiger partial charge on any atom is -0.316 e. The van der Waals surface area contributed by atoms with Crippen LogP contribution in [0.2, 0.25) is 5.02 Å². The standard InChI is InChI=1S/C14H17ClFNO/c1-2-14(6-7-17-9-14)12(18)8-10-4-3-5-11(16)13(10)15/h3-5,17H,2,6-9H2,1H3. The van der Waals surface area contributed by atoms with E-state index < -0.39 is 5.82 Å². The molecule has 1 atom stereocenters. The molecule has 0 bridgehead atoms. The van der Waals surface area contributed by atoms with Crippen LogP contribution in [0.15, 0.2) is 18.2 Å². The molecule has 1 saturated heterocycles. The summed E-state index contributed by atoms with van der Waals surface area (Å²) in [7, 11) is 0. The zero-order valence-corrected chi connectivity index (χ0v) is 11.2. The molecule has 0 radical (unpaired) electrons. The van der Waals surface area contributed by atoms with Gasteiger partial charge in [-0.05, 0) is 31.0 Å². The molecule has 18 heavy (non-hydrogen) atoms. The number of carbonyl (C=O) groups is 1. The Morgan fingerprint density at radius 3 is 2.94 bits per heavy atom. The van der Waals surface area contributed by atoms with E-state index in [4.69, 9.17) is 11.6 Å². The lowest BCUT2D eigenvalue weighted by molar-refractivity contribution is -0.127. The van der Waals surface area contributed by atoms with Crippen molar-refractivity contribution in [2.45, 2.75) is 26.2 Å². The first kappa shape index (κ1) is 13.5. The van der Waals surface area contributed by atoms with Crippen LogP contribution in [0.1, 0.15) is 25.3 Å². The number of nitrogens with one attached hydrogen (secondary N) is 1. The van der Waals surface area contributed by atoms with Crippen molar-refractivity contribution in [3.8, 4) is 0 Å². The van der Waals surface area contributed by atoms with E-state index in [9.17, 15) is 9.18 Å². The molecule has 98 valence electrons. The van der Waals surface area contributed by atoms with Crippen LogP contribution < -0.4 is 5.32 Å². The van der Waals surface area contributed by atoms with Crippen LogP contribution in [-0.2, 0) is 11.2 Å². The summed E-state index contributed by atoms with van der Waals surface area (Å²) in [5.74, 6) is -0.306. The molecular formula is C14H17ClFNO. The van der Waals surface area contributed by atoms with Crippen molar-refractivity contribution < 1.29 is 9.18 Å². The van der Waals surface area contributed by atoms with Crippen LogP contribution in [0.3, 0.4) is 0 Å². The zero-order chi connectivity index (χ0) is 13.2. The molecule has 1 aromatic carbocycles. The van der Waals surface area contributed by atoms with Crippen LogP contribution >= 0.6 is 11.6 Å². The van der Waals surface area contributed by atoms with E-state index in [1.807, 2.05) is 6.92 Å². The lowest BCUT2D eigenvalue weighted by atomic mass is 9.78. The second kappa shape index (κ2) is 5.37. The molecule has 1 fully saturated rings. The van der Waals surface area contributed by atoms with Gasteiger partial charge in [-0.2, -0.15) is 0 Å². The van der Waals surface area contributed by atoms with Crippen LogP contribution in [0.25, 0.3) is 0 Å². The molecule has 1 N–H and O–H groups in total. The average molecular weight is 270 g/mol. The number of rotatable bonds is 4. The summed E-state index contributed by atoms with van der Waals surface area (Å²) in [6.07, 6.45) is 1.88. The van der Waals surface area contributed by atoms with Crippen molar-refractivity contribution in [2.75, 3.05) is 13.1 Å². The Morgan fingerprint density at radius 1 is 1.56 bits per heavy atom. The minimum atomic E-state index is -0.461. The molecule has 0 saturated carbocycles. The maximum Gasteiger partial charge on any atom is 0.144 e. The molecule has 1 aliphatic heterocycles. The molecule has 0 aromatic heterocycles. The number of carbonyl (C=O) groups excluding carboxylic acids is 1. The lowest BCUT2D eigenvalue weighted by Crippen LogP contribution is -2.34. The highest BCUT2D eigenvalue weighted by Gasteiger charge is 2.38. The van der Waals surface area contributed by atoms with E-state index in [-0.39, 0.29) is 22.6 Å². The average Bonchev–Trinajstić information content (AvgIpc) is 2.85. The van der Waals surface area contributed by atoms with E-state index in [1.54, 1.807) is 12.1 Å². The molecule has 0 aliphatic carbocycles. The van der Waals surface area contributed by atoms with Crippen molar-refractivity contribution in [2.24, 2.45) is 5.41 Å². The van der Waals surface area contributed by atoms with E-state index in [2.05, 4.69) is 5.32 Å². The number of hydrogen-bond acceptors (Lipinski definition) is 2. The summed E-state index contributed by atoms with van der Waals surface area (Å²) < 4.78 is 13.3. The first-order valence-corrected chi connectivity index (χ1v) is 6.64. The Hall–Kier alpha value is -0.930. The highest BCUT2D eigenvalue weighted by molar-refractivity contribution is 6.31. The second-order valence-electron chi connectivity index (χ2n) is 4.87. The Morgan fingerprint density at radius 2 is 2.33 bits per heavy atom. The van der Waals surface area contributed by atoms with Gasteiger partial charge in [0.05, 0.1) is 5.02 Å². The first-order chi connectivity index (χ1) is 8.59. The molecule has 1 unspecified atom stereocenters. The predicted octanol–water partition coefficient (Wildman–Crippen LogP) is 2.98. The quantitative estimate of drug-likeness (QED) is 0.910. The Balaban J connectivity index is 2.18. The topological polar surface area (TPSA) is 29.1 Å². The molecule has 1 heterocycles. The minimum absolute atomic E-state index is 0.0723. The van der Waals surface area contributed by atoms with Crippen LogP contribution in [0, 0.1) is 11.2 Å². The van der Waals surface area contributed by atoms with Crippen LogP contribution in [-0.4, -0.2) is 18.9 Å². The number of halogens is 2. The monoisotopic (exact) mass is 269 g/mol. The first-order valence-electron chi connectivity index (χ1n) is 6.26. The third kappa shape index (κ3) is 2.43. The fourth-order valence-electron chi connectivity index (χ4n) is 2.53. The van der Waals surface area contributed by atoms with Gasteiger partial charge in [0.25, 0.3) is 0 Å². The largest absolute Gasteiger partial charge is 0.316 e. The second-order valence-corrected chi connectivity index (χ2v) is 5.25.